The predicted octanol–water partition coefficient (Wildman–Crippen LogP) is 1.58. The van der Waals surface area contributed by atoms with Crippen molar-refractivity contribution in [1.82, 2.24) is 15.2 Å². The highest BCUT2D eigenvalue weighted by Gasteiger charge is 2.38. The van der Waals surface area contributed by atoms with Gasteiger partial charge in [-0.1, -0.05) is 12.1 Å². The van der Waals surface area contributed by atoms with Gasteiger partial charge in [-0.3, -0.25) is 19.5 Å². The third-order valence-corrected chi connectivity index (χ3v) is 4.22. The highest BCUT2D eigenvalue weighted by atomic mass is 16.5. The van der Waals surface area contributed by atoms with Gasteiger partial charge in [0.25, 0.3) is 5.91 Å². The van der Waals surface area contributed by atoms with Gasteiger partial charge in [0.05, 0.1) is 25.4 Å². The van der Waals surface area contributed by atoms with Gasteiger partial charge in [-0.05, 0) is 36.2 Å². The van der Waals surface area contributed by atoms with Crippen LogP contribution in [0.3, 0.4) is 0 Å². The molecule has 0 bridgehead atoms. The van der Waals surface area contributed by atoms with Crippen LogP contribution < -0.4 is 15.4 Å². The van der Waals surface area contributed by atoms with Crippen LogP contribution in [0.25, 0.3) is 0 Å². The Kier molecular flexibility index (Phi) is 5.65. The molecule has 1 fully saturated rings. The molecule has 1 aliphatic rings. The maximum Gasteiger partial charge on any atom is 0.324 e. The van der Waals surface area contributed by atoms with Crippen LogP contribution in [-0.4, -0.2) is 47.4 Å². The van der Waals surface area contributed by atoms with Gasteiger partial charge < -0.3 is 15.4 Å². The number of urea groups is 1. The molecule has 27 heavy (non-hydrogen) atoms. The number of rotatable bonds is 7. The number of pyridine rings is 1. The molecule has 1 saturated heterocycles. The molecular weight excluding hydrogens is 348 g/mol. The van der Waals surface area contributed by atoms with E-state index in [4.69, 9.17) is 4.74 Å². The number of hydrogen-bond donors (Lipinski definition) is 2. The quantitative estimate of drug-likeness (QED) is 0.723. The Morgan fingerprint density at radius 2 is 2.04 bits per heavy atom. The summed E-state index contributed by atoms with van der Waals surface area (Å²) in [4.78, 5) is 41.7. The van der Waals surface area contributed by atoms with Gasteiger partial charge in [0.2, 0.25) is 5.91 Å². The van der Waals surface area contributed by atoms with E-state index in [1.807, 2.05) is 24.3 Å². The number of nitrogens with one attached hydrogen (secondary N) is 2. The summed E-state index contributed by atoms with van der Waals surface area (Å²) in [5.41, 5.74) is 1.52. The summed E-state index contributed by atoms with van der Waals surface area (Å²) < 4.78 is 5.10. The van der Waals surface area contributed by atoms with Crippen molar-refractivity contribution in [2.75, 3.05) is 19.0 Å². The van der Waals surface area contributed by atoms with E-state index >= 15 is 0 Å². The standard InChI is InChI=1S/C19H20N4O4/c1-27-15-6-4-13(5-7-15)8-10-23-18(25)16(22-19(23)26)11-17(24)21-14-3-2-9-20-12-14/h2-7,9,12,16H,8,10-11H2,1H3,(H,21,24)(H,22,26). The zero-order valence-electron chi connectivity index (χ0n) is 14.8. The average Bonchev–Trinajstić information content (AvgIpc) is 2.94. The minimum absolute atomic E-state index is 0.126. The zero-order chi connectivity index (χ0) is 19.2. The number of anilines is 1. The molecule has 2 N–H and O–H groups in total. The normalized spacial score (nSPS) is 16.2. The molecule has 0 aliphatic carbocycles. The van der Waals surface area contributed by atoms with E-state index in [1.165, 1.54) is 6.20 Å². The molecule has 0 saturated carbocycles. The van der Waals surface area contributed by atoms with Gasteiger partial charge >= 0.3 is 6.03 Å². The molecule has 1 aromatic carbocycles. The zero-order valence-corrected chi connectivity index (χ0v) is 14.8. The van der Waals surface area contributed by atoms with Crippen LogP contribution in [0, 0.1) is 0 Å². The number of benzene rings is 1. The molecule has 8 heteroatoms. The largest absolute Gasteiger partial charge is 0.497 e. The van der Waals surface area contributed by atoms with Crippen molar-refractivity contribution in [2.24, 2.45) is 0 Å². The molecule has 2 heterocycles. The Morgan fingerprint density at radius 1 is 1.26 bits per heavy atom. The maximum absolute atomic E-state index is 12.5. The number of nitrogens with zero attached hydrogens (tertiary/aromatic N) is 2. The topological polar surface area (TPSA) is 101 Å². The summed E-state index contributed by atoms with van der Waals surface area (Å²) in [6.45, 7) is 0.248. The Morgan fingerprint density at radius 3 is 2.70 bits per heavy atom. The third-order valence-electron chi connectivity index (χ3n) is 4.22. The van der Waals surface area contributed by atoms with E-state index in [1.54, 1.807) is 25.4 Å². The van der Waals surface area contributed by atoms with Crippen LogP contribution in [0.2, 0.25) is 0 Å². The van der Waals surface area contributed by atoms with Crippen LogP contribution in [0.15, 0.2) is 48.8 Å². The number of methoxy groups -OCH3 is 1. The highest BCUT2D eigenvalue weighted by molar-refractivity contribution is 6.06. The first-order valence-electron chi connectivity index (χ1n) is 8.51. The number of hydrogen-bond acceptors (Lipinski definition) is 5. The molecule has 0 spiro atoms. The smallest absolute Gasteiger partial charge is 0.324 e. The van der Waals surface area contributed by atoms with Crippen molar-refractivity contribution >= 4 is 23.5 Å². The average molecular weight is 368 g/mol. The summed E-state index contributed by atoms with van der Waals surface area (Å²) in [6, 6.07) is 9.48. The maximum atomic E-state index is 12.5. The Bertz CT molecular complexity index is 823. The Hall–Kier alpha value is -3.42. The Labute approximate surface area is 156 Å². The van der Waals surface area contributed by atoms with E-state index in [0.29, 0.717) is 12.1 Å². The van der Waals surface area contributed by atoms with Gasteiger partial charge in [0.1, 0.15) is 11.8 Å². The molecule has 1 atom stereocenters. The lowest BCUT2D eigenvalue weighted by Crippen LogP contribution is -2.34. The van der Waals surface area contributed by atoms with Gasteiger partial charge in [-0.25, -0.2) is 4.79 Å². The van der Waals surface area contributed by atoms with Gasteiger partial charge in [0, 0.05) is 12.7 Å². The van der Waals surface area contributed by atoms with E-state index < -0.39 is 18.0 Å². The lowest BCUT2D eigenvalue weighted by atomic mass is 10.1. The van der Waals surface area contributed by atoms with E-state index in [2.05, 4.69) is 15.6 Å². The number of amides is 4. The van der Waals surface area contributed by atoms with Crippen LogP contribution >= 0.6 is 0 Å². The molecule has 1 aliphatic heterocycles. The lowest BCUT2D eigenvalue weighted by Gasteiger charge is -2.13. The lowest BCUT2D eigenvalue weighted by molar-refractivity contribution is -0.129. The minimum Gasteiger partial charge on any atom is -0.497 e. The minimum atomic E-state index is -0.856. The van der Waals surface area contributed by atoms with Crippen molar-refractivity contribution < 1.29 is 19.1 Å². The monoisotopic (exact) mass is 368 g/mol. The fraction of sp³-hybridized carbons (Fsp3) is 0.263. The van der Waals surface area contributed by atoms with Crippen LogP contribution in [-0.2, 0) is 16.0 Å². The van der Waals surface area contributed by atoms with E-state index in [-0.39, 0.29) is 18.9 Å². The number of carbonyl (C=O) groups excluding carboxylic acids is 3. The second kappa shape index (κ2) is 8.31. The van der Waals surface area contributed by atoms with Crippen molar-refractivity contribution in [3.8, 4) is 5.75 Å². The van der Waals surface area contributed by atoms with Crippen molar-refractivity contribution in [3.05, 3.63) is 54.4 Å². The van der Waals surface area contributed by atoms with E-state index in [0.717, 1.165) is 16.2 Å². The summed E-state index contributed by atoms with van der Waals surface area (Å²) in [5.74, 6) is -0.0121. The molecule has 4 amide bonds. The second-order valence-electron chi connectivity index (χ2n) is 6.08. The van der Waals surface area contributed by atoms with Gasteiger partial charge in [0.15, 0.2) is 0 Å². The SMILES string of the molecule is COc1ccc(CCN2C(=O)NC(CC(=O)Nc3cccnc3)C2=O)cc1. The predicted molar refractivity (Wildman–Crippen MR) is 98.2 cm³/mol. The first-order valence-corrected chi connectivity index (χ1v) is 8.51. The van der Waals surface area contributed by atoms with Gasteiger partial charge in [-0.2, -0.15) is 0 Å². The molecule has 0 radical (unpaired) electrons. The van der Waals surface area contributed by atoms with E-state index in [9.17, 15) is 14.4 Å². The summed E-state index contributed by atoms with van der Waals surface area (Å²) in [7, 11) is 1.59. The summed E-state index contributed by atoms with van der Waals surface area (Å²) in [6.07, 6.45) is 3.50. The summed E-state index contributed by atoms with van der Waals surface area (Å²) in [5, 5.41) is 5.22. The number of carbonyl (C=O) groups is 3. The molecule has 8 nitrogen and oxygen atoms in total. The van der Waals surface area contributed by atoms with Crippen LogP contribution in [0.1, 0.15) is 12.0 Å². The first kappa shape index (κ1) is 18.4. The van der Waals surface area contributed by atoms with Gasteiger partial charge in [-0.15, -0.1) is 0 Å². The van der Waals surface area contributed by atoms with Crippen molar-refractivity contribution in [1.29, 1.82) is 0 Å². The molecular formula is C19H20N4O4. The van der Waals surface area contributed by atoms with Crippen molar-refractivity contribution in [2.45, 2.75) is 18.9 Å². The second-order valence-corrected chi connectivity index (χ2v) is 6.08. The molecule has 140 valence electrons. The molecule has 2 aromatic rings. The first-order chi connectivity index (χ1) is 13.1. The van der Waals surface area contributed by atoms with Crippen LogP contribution in [0.5, 0.6) is 5.75 Å². The molecule has 3 rings (SSSR count). The number of ether oxygens (including phenoxy) is 1. The fourth-order valence-electron chi connectivity index (χ4n) is 2.79. The summed E-state index contributed by atoms with van der Waals surface area (Å²) >= 11 is 0. The van der Waals surface area contributed by atoms with Crippen LogP contribution in [0.4, 0.5) is 10.5 Å². The Balaban J connectivity index is 1.53. The fourth-order valence-corrected chi connectivity index (χ4v) is 2.79. The van der Waals surface area contributed by atoms with Crippen molar-refractivity contribution in [3.63, 3.8) is 0 Å². The number of imide groups is 1. The third kappa shape index (κ3) is 4.60. The molecule has 1 aromatic heterocycles. The number of aromatic nitrogens is 1. The molecule has 1 unspecified atom stereocenters. The highest BCUT2D eigenvalue weighted by Crippen LogP contribution is 2.15.